The van der Waals surface area contributed by atoms with Crippen LogP contribution >= 0.6 is 0 Å². The minimum Gasteiger partial charge on any atom is -0.309 e. The van der Waals surface area contributed by atoms with Crippen LogP contribution in [0.1, 0.15) is 11.1 Å². The van der Waals surface area contributed by atoms with Gasteiger partial charge in [-0.25, -0.2) is 8.78 Å². The molecule has 0 aliphatic heterocycles. The van der Waals surface area contributed by atoms with Crippen LogP contribution in [0.5, 0.6) is 0 Å². The molecule has 2 aromatic heterocycles. The van der Waals surface area contributed by atoms with Crippen LogP contribution in [0.2, 0.25) is 0 Å². The van der Waals surface area contributed by atoms with Crippen molar-refractivity contribution in [1.82, 2.24) is 9.13 Å². The van der Waals surface area contributed by atoms with Gasteiger partial charge in [-0.15, -0.1) is 0 Å². The summed E-state index contributed by atoms with van der Waals surface area (Å²) < 4.78 is 32.5. The maximum Gasteiger partial charge on any atom is 0.123 e. The zero-order valence-electron chi connectivity index (χ0n) is 22.5. The Morgan fingerprint density at radius 2 is 0.762 bits per heavy atom. The van der Waals surface area contributed by atoms with Crippen LogP contribution in [-0.4, -0.2) is 9.13 Å². The molecular weight excluding hydrogens is 522 g/mol. The van der Waals surface area contributed by atoms with E-state index in [0.717, 1.165) is 66.1 Å². The monoisotopic (exact) mass is 546 g/mol. The predicted molar refractivity (Wildman–Crippen MR) is 170 cm³/mol. The number of halogens is 2. The molecule has 0 fully saturated rings. The lowest BCUT2D eigenvalue weighted by molar-refractivity contribution is 0.629. The molecule has 200 valence electrons. The molecule has 0 unspecified atom stereocenters. The second-order valence-corrected chi connectivity index (χ2v) is 10.5. The number of aromatic nitrogens is 2. The third-order valence-electron chi connectivity index (χ3n) is 8.04. The Hall–Kier alpha value is -5.48. The highest BCUT2D eigenvalue weighted by molar-refractivity contribution is 6.10. The van der Waals surface area contributed by atoms with E-state index in [9.17, 15) is 8.78 Å². The lowest BCUT2D eigenvalue weighted by Gasteiger charge is -2.09. The lowest BCUT2D eigenvalue weighted by Crippen LogP contribution is -1.94. The van der Waals surface area contributed by atoms with Gasteiger partial charge in [0.25, 0.3) is 0 Å². The van der Waals surface area contributed by atoms with Crippen molar-refractivity contribution in [2.45, 2.75) is 0 Å². The molecule has 0 saturated heterocycles. The van der Waals surface area contributed by atoms with Crippen molar-refractivity contribution < 1.29 is 8.78 Å². The molecule has 8 rings (SSSR count). The highest BCUT2D eigenvalue weighted by atomic mass is 19.1. The highest BCUT2D eigenvalue weighted by Gasteiger charge is 2.14. The van der Waals surface area contributed by atoms with E-state index in [0.29, 0.717) is 0 Å². The summed E-state index contributed by atoms with van der Waals surface area (Å²) in [5.74, 6) is -0.464. The van der Waals surface area contributed by atoms with Gasteiger partial charge in [-0.1, -0.05) is 72.8 Å². The van der Waals surface area contributed by atoms with Crippen molar-refractivity contribution in [3.8, 4) is 11.4 Å². The average molecular weight is 547 g/mol. The summed E-state index contributed by atoms with van der Waals surface area (Å²) in [6.45, 7) is 0. The average Bonchev–Trinajstić information content (AvgIpc) is 3.53. The van der Waals surface area contributed by atoms with Gasteiger partial charge in [-0.05, 0) is 83.9 Å². The van der Waals surface area contributed by atoms with Crippen LogP contribution in [0, 0.1) is 11.6 Å². The number of nitrogens with zero attached hydrogens (tertiary/aromatic N) is 2. The molecule has 2 nitrogen and oxygen atoms in total. The molecule has 6 aromatic carbocycles. The van der Waals surface area contributed by atoms with Crippen molar-refractivity contribution in [2.75, 3.05) is 0 Å². The van der Waals surface area contributed by atoms with Crippen molar-refractivity contribution >= 4 is 55.8 Å². The third-order valence-corrected chi connectivity index (χ3v) is 8.04. The largest absolute Gasteiger partial charge is 0.309 e. The maximum atomic E-state index is 14.1. The fraction of sp³-hybridized carbons (Fsp3) is 0. The van der Waals surface area contributed by atoms with E-state index in [1.807, 2.05) is 48.5 Å². The molecular formula is C38H24F2N2. The van der Waals surface area contributed by atoms with Crippen molar-refractivity contribution in [2.24, 2.45) is 0 Å². The van der Waals surface area contributed by atoms with Gasteiger partial charge >= 0.3 is 0 Å². The second kappa shape index (κ2) is 9.57. The normalized spacial score (nSPS) is 12.0. The van der Waals surface area contributed by atoms with Crippen molar-refractivity contribution in [3.63, 3.8) is 0 Å². The zero-order valence-corrected chi connectivity index (χ0v) is 22.5. The summed E-state index contributed by atoms with van der Waals surface area (Å²) >= 11 is 0. The summed E-state index contributed by atoms with van der Waals surface area (Å²) in [6, 6.07) is 43.0. The van der Waals surface area contributed by atoms with E-state index in [1.165, 1.54) is 12.1 Å². The Morgan fingerprint density at radius 3 is 1.19 bits per heavy atom. The Kier molecular flexibility index (Phi) is 5.54. The topological polar surface area (TPSA) is 9.86 Å². The van der Waals surface area contributed by atoms with Crippen LogP contribution in [0.15, 0.2) is 133 Å². The number of hydrogen-bond donors (Lipinski definition) is 0. The number of rotatable bonds is 4. The fourth-order valence-electron chi connectivity index (χ4n) is 6.11. The number of fused-ring (bicyclic) bond motifs is 6. The molecule has 0 aliphatic rings. The molecule has 0 radical (unpaired) electrons. The molecule has 0 spiro atoms. The van der Waals surface area contributed by atoms with E-state index in [1.54, 1.807) is 12.1 Å². The minimum atomic E-state index is -0.232. The van der Waals surface area contributed by atoms with Crippen LogP contribution in [0.4, 0.5) is 8.78 Å². The Bertz CT molecular complexity index is 2140. The summed E-state index contributed by atoms with van der Waals surface area (Å²) in [4.78, 5) is 0. The molecule has 0 atom stereocenters. The molecule has 8 aromatic rings. The van der Waals surface area contributed by atoms with Gasteiger partial charge in [0.05, 0.1) is 22.1 Å². The van der Waals surface area contributed by atoms with Gasteiger partial charge < -0.3 is 9.13 Å². The van der Waals surface area contributed by atoms with E-state index in [-0.39, 0.29) is 11.6 Å². The standard InChI is InChI=1S/C38H24F2N2/c39-27-15-21-37-33(23-27)31-5-1-3-7-35(31)41(37)29-17-11-25(12-18-29)9-10-26-13-19-30(20-14-26)42-36-8-4-2-6-32(36)34-24-28(40)16-22-38(34)42/h1-24H/b10-9+. The number of benzene rings is 6. The Balaban J connectivity index is 1.10. The number of hydrogen-bond acceptors (Lipinski definition) is 0. The van der Waals surface area contributed by atoms with Crippen LogP contribution < -0.4 is 0 Å². The fourth-order valence-corrected chi connectivity index (χ4v) is 6.11. The highest BCUT2D eigenvalue weighted by Crippen LogP contribution is 2.34. The molecule has 4 heteroatoms. The van der Waals surface area contributed by atoms with Crippen LogP contribution in [-0.2, 0) is 0 Å². The Morgan fingerprint density at radius 1 is 0.381 bits per heavy atom. The van der Waals surface area contributed by atoms with E-state index in [4.69, 9.17) is 0 Å². The molecule has 0 saturated carbocycles. The first-order valence-electron chi connectivity index (χ1n) is 13.9. The molecule has 0 bridgehead atoms. The van der Waals surface area contributed by atoms with Gasteiger partial charge in [-0.3, -0.25) is 0 Å². The van der Waals surface area contributed by atoms with E-state index in [2.05, 4.69) is 81.9 Å². The first-order valence-corrected chi connectivity index (χ1v) is 13.9. The third kappa shape index (κ3) is 3.92. The van der Waals surface area contributed by atoms with Gasteiger partial charge in [0.15, 0.2) is 0 Å². The quantitative estimate of drug-likeness (QED) is 0.194. The lowest BCUT2D eigenvalue weighted by atomic mass is 10.1. The van der Waals surface area contributed by atoms with Gasteiger partial charge in [0.2, 0.25) is 0 Å². The summed E-state index contributed by atoms with van der Waals surface area (Å²) in [5, 5.41) is 3.89. The summed E-state index contributed by atoms with van der Waals surface area (Å²) in [7, 11) is 0. The number of para-hydroxylation sites is 2. The molecule has 0 N–H and O–H groups in total. The second-order valence-electron chi connectivity index (χ2n) is 10.5. The van der Waals surface area contributed by atoms with Crippen molar-refractivity contribution in [3.05, 3.63) is 156 Å². The first kappa shape index (κ1) is 24.3. The van der Waals surface area contributed by atoms with E-state index < -0.39 is 0 Å². The summed E-state index contributed by atoms with van der Waals surface area (Å²) in [6.07, 6.45) is 4.20. The molecule has 2 heterocycles. The minimum absolute atomic E-state index is 0.232. The molecule has 0 aliphatic carbocycles. The van der Waals surface area contributed by atoms with Crippen molar-refractivity contribution in [1.29, 1.82) is 0 Å². The van der Waals surface area contributed by atoms with Gasteiger partial charge in [0, 0.05) is 32.9 Å². The smallest absolute Gasteiger partial charge is 0.123 e. The maximum absolute atomic E-state index is 14.1. The first-order chi connectivity index (χ1) is 20.6. The van der Waals surface area contributed by atoms with Crippen LogP contribution in [0.25, 0.3) is 67.1 Å². The van der Waals surface area contributed by atoms with E-state index >= 15 is 0 Å². The Labute approximate surface area is 241 Å². The predicted octanol–water partition coefficient (Wildman–Crippen LogP) is 10.3. The summed E-state index contributed by atoms with van der Waals surface area (Å²) in [5.41, 5.74) is 8.28. The molecule has 0 amide bonds. The van der Waals surface area contributed by atoms with Gasteiger partial charge in [-0.2, -0.15) is 0 Å². The van der Waals surface area contributed by atoms with Gasteiger partial charge in [0.1, 0.15) is 11.6 Å². The van der Waals surface area contributed by atoms with Crippen LogP contribution in [0.3, 0.4) is 0 Å². The molecule has 42 heavy (non-hydrogen) atoms. The zero-order chi connectivity index (χ0) is 28.2. The SMILES string of the molecule is Fc1ccc2c(c1)c1ccccc1n2-c1ccc(/C=C/c2ccc(-n3c4ccccc4c4cc(F)ccc43)cc2)cc1.